The largest absolute Gasteiger partial charge is 0.493 e. The third kappa shape index (κ3) is 5.34. The number of nitrogens with one attached hydrogen (secondary N) is 1. The van der Waals surface area contributed by atoms with E-state index in [4.69, 9.17) is 30.2 Å². The van der Waals surface area contributed by atoms with Crippen LogP contribution < -0.4 is 14.8 Å². The van der Waals surface area contributed by atoms with Crippen LogP contribution in [0, 0.1) is 5.92 Å². The third-order valence-corrected chi connectivity index (χ3v) is 5.99. The van der Waals surface area contributed by atoms with Crippen LogP contribution in [0.1, 0.15) is 41.9 Å². The maximum atomic E-state index is 13.0. The topological polar surface area (TPSA) is 99.9 Å². The minimum absolute atomic E-state index is 0.0735. The molecule has 34 heavy (non-hydrogen) atoms. The number of aromatic nitrogens is 1. The van der Waals surface area contributed by atoms with Gasteiger partial charge in [0.1, 0.15) is 0 Å². The van der Waals surface area contributed by atoms with Crippen LogP contribution >= 0.6 is 11.6 Å². The Bertz CT molecular complexity index is 1170. The van der Waals surface area contributed by atoms with Gasteiger partial charge >= 0.3 is 5.97 Å². The van der Waals surface area contributed by atoms with Gasteiger partial charge in [0.05, 0.1) is 31.7 Å². The second kappa shape index (κ2) is 10.6. The Balaban J connectivity index is 1.51. The number of ether oxygens (including phenoxy) is 3. The van der Waals surface area contributed by atoms with E-state index in [1.54, 1.807) is 24.4 Å². The molecule has 1 aromatic heterocycles. The Morgan fingerprint density at radius 1 is 1.09 bits per heavy atom. The average Bonchev–Trinajstić information content (AvgIpc) is 3.55. The Kier molecular flexibility index (Phi) is 7.37. The van der Waals surface area contributed by atoms with Crippen LogP contribution in [0.5, 0.6) is 11.5 Å². The van der Waals surface area contributed by atoms with Crippen LogP contribution in [-0.4, -0.2) is 31.1 Å². The van der Waals surface area contributed by atoms with Crippen molar-refractivity contribution in [2.75, 3.05) is 19.5 Å². The zero-order chi connectivity index (χ0) is 24.1. The molecule has 4 rings (SSSR count). The van der Waals surface area contributed by atoms with Gasteiger partial charge in [0.2, 0.25) is 11.8 Å². The first-order valence-electron chi connectivity index (χ1n) is 10.9. The molecular weight excluding hydrogens is 460 g/mol. The first-order valence-corrected chi connectivity index (χ1v) is 11.3. The minimum atomic E-state index is -0.658. The second-order valence-electron chi connectivity index (χ2n) is 7.92. The van der Waals surface area contributed by atoms with Crippen LogP contribution in [0.3, 0.4) is 0 Å². The van der Waals surface area contributed by atoms with E-state index in [2.05, 4.69) is 10.3 Å². The predicted molar refractivity (Wildman–Crippen MR) is 126 cm³/mol. The number of amides is 1. The number of hydrogen-bond donors (Lipinski definition) is 1. The number of methoxy groups -OCH3 is 2. The van der Waals surface area contributed by atoms with Crippen molar-refractivity contribution in [3.05, 3.63) is 59.1 Å². The number of nitrogens with zero attached hydrogens (tertiary/aromatic N) is 1. The lowest BCUT2D eigenvalue weighted by molar-refractivity contribution is -0.119. The minimum Gasteiger partial charge on any atom is -0.493 e. The van der Waals surface area contributed by atoms with Gasteiger partial charge in [-0.2, -0.15) is 0 Å². The van der Waals surface area contributed by atoms with E-state index in [1.165, 1.54) is 20.3 Å². The van der Waals surface area contributed by atoms with Gasteiger partial charge in [0, 0.05) is 28.6 Å². The van der Waals surface area contributed by atoms with E-state index >= 15 is 0 Å². The van der Waals surface area contributed by atoms with Gasteiger partial charge in [-0.05, 0) is 37.1 Å². The molecule has 2 aromatic carbocycles. The van der Waals surface area contributed by atoms with E-state index in [0.717, 1.165) is 31.2 Å². The first kappa shape index (κ1) is 23.6. The number of carbonyl (C=O) groups excluding carboxylic acids is 2. The zero-order valence-electron chi connectivity index (χ0n) is 18.9. The molecule has 0 atom stereocenters. The number of benzene rings is 2. The van der Waals surface area contributed by atoms with Crippen molar-refractivity contribution in [1.82, 2.24) is 4.98 Å². The SMILES string of the molecule is COc1cc(NC(=O)C2CCCC2)c(C(=O)OCc2ncc(-c3ccc(Cl)cc3)o2)cc1OC. The van der Waals surface area contributed by atoms with Crippen LogP contribution in [-0.2, 0) is 16.1 Å². The molecule has 1 aliphatic rings. The van der Waals surface area contributed by atoms with Crippen molar-refractivity contribution in [3.8, 4) is 22.8 Å². The van der Waals surface area contributed by atoms with Gasteiger partial charge in [-0.25, -0.2) is 9.78 Å². The Labute approximate surface area is 202 Å². The Morgan fingerprint density at radius 3 is 2.44 bits per heavy atom. The monoisotopic (exact) mass is 484 g/mol. The molecule has 3 aromatic rings. The van der Waals surface area contributed by atoms with E-state index < -0.39 is 5.97 Å². The summed E-state index contributed by atoms with van der Waals surface area (Å²) in [5, 5.41) is 3.48. The molecule has 8 nitrogen and oxygen atoms in total. The van der Waals surface area contributed by atoms with Gasteiger partial charge in [0.25, 0.3) is 0 Å². The van der Waals surface area contributed by atoms with Crippen LogP contribution in [0.25, 0.3) is 11.3 Å². The van der Waals surface area contributed by atoms with Gasteiger partial charge < -0.3 is 23.9 Å². The highest BCUT2D eigenvalue weighted by Gasteiger charge is 2.26. The lowest BCUT2D eigenvalue weighted by Gasteiger charge is -2.16. The number of carbonyl (C=O) groups is 2. The van der Waals surface area contributed by atoms with Gasteiger partial charge in [-0.3, -0.25) is 4.79 Å². The Morgan fingerprint density at radius 2 is 1.76 bits per heavy atom. The summed E-state index contributed by atoms with van der Waals surface area (Å²) in [6.07, 6.45) is 5.26. The molecule has 0 radical (unpaired) electrons. The number of halogens is 1. The molecule has 1 aliphatic carbocycles. The zero-order valence-corrected chi connectivity index (χ0v) is 19.7. The standard InChI is InChI=1S/C25H25ClN2O6/c1-31-20-11-18(19(12-21(20)32-2)28-24(29)16-5-3-4-6-16)25(30)33-14-23-27-13-22(34-23)15-7-9-17(26)10-8-15/h7-13,16H,3-6,14H2,1-2H3,(H,28,29). The van der Waals surface area contributed by atoms with Crippen molar-refractivity contribution >= 4 is 29.2 Å². The van der Waals surface area contributed by atoms with E-state index in [0.29, 0.717) is 28.0 Å². The smallest absolute Gasteiger partial charge is 0.340 e. The molecule has 9 heteroatoms. The summed E-state index contributed by atoms with van der Waals surface area (Å²) in [4.78, 5) is 29.9. The quantitative estimate of drug-likeness (QED) is 0.421. The summed E-state index contributed by atoms with van der Waals surface area (Å²) < 4.78 is 21.8. The van der Waals surface area contributed by atoms with E-state index in [1.807, 2.05) is 12.1 Å². The highest BCUT2D eigenvalue weighted by molar-refractivity contribution is 6.30. The van der Waals surface area contributed by atoms with Gasteiger partial charge in [0.15, 0.2) is 23.9 Å². The summed E-state index contributed by atoms with van der Waals surface area (Å²) in [6.45, 7) is -0.184. The highest BCUT2D eigenvalue weighted by atomic mass is 35.5. The molecule has 1 N–H and O–H groups in total. The van der Waals surface area contributed by atoms with Crippen LogP contribution in [0.4, 0.5) is 5.69 Å². The van der Waals surface area contributed by atoms with Crippen LogP contribution in [0.2, 0.25) is 5.02 Å². The van der Waals surface area contributed by atoms with Gasteiger partial charge in [-0.1, -0.05) is 24.4 Å². The summed E-state index contributed by atoms with van der Waals surface area (Å²) in [6, 6.07) is 10.2. The molecule has 0 unspecified atom stereocenters. The number of rotatable bonds is 8. The van der Waals surface area contributed by atoms with Crippen LogP contribution in [0.15, 0.2) is 47.0 Å². The average molecular weight is 485 g/mol. The maximum Gasteiger partial charge on any atom is 0.340 e. The summed E-state index contributed by atoms with van der Waals surface area (Å²) in [5.41, 5.74) is 1.24. The summed E-state index contributed by atoms with van der Waals surface area (Å²) in [5.74, 6) is 0.632. The molecule has 1 saturated carbocycles. The fourth-order valence-corrected chi connectivity index (χ4v) is 4.03. The molecule has 0 bridgehead atoms. The van der Waals surface area contributed by atoms with Crippen molar-refractivity contribution in [2.45, 2.75) is 32.3 Å². The fraction of sp³-hybridized carbons (Fsp3) is 0.320. The molecule has 0 saturated heterocycles. The molecule has 178 valence electrons. The van der Waals surface area contributed by atoms with Crippen molar-refractivity contribution < 1.29 is 28.2 Å². The van der Waals surface area contributed by atoms with Crippen molar-refractivity contribution in [3.63, 3.8) is 0 Å². The van der Waals surface area contributed by atoms with E-state index in [9.17, 15) is 9.59 Å². The molecule has 0 spiro atoms. The van der Waals surface area contributed by atoms with Gasteiger partial charge in [-0.15, -0.1) is 0 Å². The molecule has 0 aliphatic heterocycles. The number of hydrogen-bond acceptors (Lipinski definition) is 7. The summed E-state index contributed by atoms with van der Waals surface area (Å²) >= 11 is 5.92. The lowest BCUT2D eigenvalue weighted by Crippen LogP contribution is -2.22. The second-order valence-corrected chi connectivity index (χ2v) is 8.36. The molecular formula is C25H25ClN2O6. The first-order chi connectivity index (χ1) is 16.5. The fourth-order valence-electron chi connectivity index (χ4n) is 3.90. The van der Waals surface area contributed by atoms with E-state index in [-0.39, 0.29) is 29.9 Å². The Hall–Kier alpha value is -3.52. The molecule has 1 amide bonds. The highest BCUT2D eigenvalue weighted by Crippen LogP contribution is 2.35. The third-order valence-electron chi connectivity index (χ3n) is 5.74. The maximum absolute atomic E-state index is 13.0. The summed E-state index contributed by atoms with van der Waals surface area (Å²) in [7, 11) is 2.95. The number of anilines is 1. The van der Waals surface area contributed by atoms with Crippen molar-refractivity contribution in [1.29, 1.82) is 0 Å². The molecule has 1 heterocycles. The molecule has 1 fully saturated rings. The van der Waals surface area contributed by atoms with Crippen molar-refractivity contribution in [2.24, 2.45) is 5.92 Å². The number of oxazole rings is 1. The lowest BCUT2D eigenvalue weighted by atomic mass is 10.1. The normalized spacial score (nSPS) is 13.5. The number of esters is 1. The predicted octanol–water partition coefficient (Wildman–Crippen LogP) is 5.50.